The molecule has 0 amide bonds. The maximum absolute atomic E-state index is 5.00. The molecule has 2 heterocycles. The van der Waals surface area contributed by atoms with Crippen molar-refractivity contribution in [1.29, 1.82) is 0 Å². The van der Waals surface area contributed by atoms with Gasteiger partial charge in [0.2, 0.25) is 0 Å². The largest absolute Gasteiger partial charge is 0.299 e. The molecule has 0 atom stereocenters. The molecular weight excluding hydrogens is 508 g/mol. The van der Waals surface area contributed by atoms with Crippen LogP contribution in [0, 0.1) is 0 Å². The molecule has 5 aromatic carbocycles. The van der Waals surface area contributed by atoms with Gasteiger partial charge in [-0.3, -0.25) is 4.40 Å². The average molecular weight is 539 g/mol. The van der Waals surface area contributed by atoms with Gasteiger partial charge in [-0.2, -0.15) is 0 Å². The molecule has 2 aromatic heterocycles. The fraction of sp³-hybridized carbons (Fsp3) is 0.0750. The number of aromatic nitrogens is 2. The highest BCUT2D eigenvalue weighted by molar-refractivity contribution is 5.85. The minimum atomic E-state index is -0.00811. The Morgan fingerprint density at radius 2 is 1.10 bits per heavy atom. The summed E-state index contributed by atoms with van der Waals surface area (Å²) in [4.78, 5) is 5.00. The van der Waals surface area contributed by atoms with Crippen LogP contribution in [0.2, 0.25) is 0 Å². The van der Waals surface area contributed by atoms with E-state index >= 15 is 0 Å². The number of hydrogen-bond acceptors (Lipinski definition) is 1. The van der Waals surface area contributed by atoms with Gasteiger partial charge in [0, 0.05) is 22.7 Å². The van der Waals surface area contributed by atoms with Gasteiger partial charge in [-0.15, -0.1) is 0 Å². The molecule has 42 heavy (non-hydrogen) atoms. The molecule has 8 rings (SSSR count). The zero-order valence-electron chi connectivity index (χ0n) is 23.8. The van der Waals surface area contributed by atoms with Gasteiger partial charge in [-0.25, -0.2) is 4.98 Å². The van der Waals surface area contributed by atoms with Crippen LogP contribution in [-0.2, 0) is 5.41 Å². The number of hydrogen-bond donors (Lipinski definition) is 0. The Morgan fingerprint density at radius 3 is 1.93 bits per heavy atom. The maximum Gasteiger partial charge on any atom is 0.137 e. The lowest BCUT2D eigenvalue weighted by Crippen LogP contribution is -2.14. The van der Waals surface area contributed by atoms with Crippen molar-refractivity contribution < 1.29 is 0 Å². The standard InChI is InChI=1S/C40H30N2/c1-40(2)35-16-7-6-15-33(35)34-23-22-32(26-36(34)40)31-14-10-13-30(25-31)27-18-20-29(21-19-27)39-38(28-11-4-3-5-12-28)41-37-17-8-9-24-42(37)39/h3-26H,1-2H3. The molecule has 2 nitrogen and oxygen atoms in total. The number of fused-ring (bicyclic) bond motifs is 4. The summed E-state index contributed by atoms with van der Waals surface area (Å²) in [5.41, 5.74) is 15.7. The van der Waals surface area contributed by atoms with Crippen molar-refractivity contribution in [2.75, 3.05) is 0 Å². The Kier molecular flexibility index (Phi) is 5.52. The predicted molar refractivity (Wildman–Crippen MR) is 174 cm³/mol. The molecule has 2 heteroatoms. The Bertz CT molecular complexity index is 2100. The van der Waals surface area contributed by atoms with Gasteiger partial charge < -0.3 is 0 Å². The van der Waals surface area contributed by atoms with E-state index < -0.39 is 0 Å². The van der Waals surface area contributed by atoms with Gasteiger partial charge in [0.05, 0.1) is 11.4 Å². The van der Waals surface area contributed by atoms with E-state index in [1.807, 2.05) is 12.1 Å². The first-order chi connectivity index (χ1) is 20.6. The molecule has 0 unspecified atom stereocenters. The first kappa shape index (κ1) is 24.6. The van der Waals surface area contributed by atoms with Crippen molar-refractivity contribution >= 4 is 5.65 Å². The summed E-state index contributed by atoms with van der Waals surface area (Å²) < 4.78 is 2.19. The second kappa shape index (κ2) is 9.43. The predicted octanol–water partition coefficient (Wildman–Crippen LogP) is 10.3. The lowest BCUT2D eigenvalue weighted by Gasteiger charge is -2.22. The summed E-state index contributed by atoms with van der Waals surface area (Å²) in [5, 5.41) is 0. The molecule has 0 spiro atoms. The molecule has 0 saturated heterocycles. The van der Waals surface area contributed by atoms with Crippen molar-refractivity contribution in [1.82, 2.24) is 9.38 Å². The molecule has 0 radical (unpaired) electrons. The van der Waals surface area contributed by atoms with E-state index in [1.54, 1.807) is 0 Å². The van der Waals surface area contributed by atoms with Gasteiger partial charge in [0.1, 0.15) is 5.65 Å². The number of benzene rings is 5. The molecule has 7 aromatic rings. The van der Waals surface area contributed by atoms with Crippen molar-refractivity contribution in [3.63, 3.8) is 0 Å². The Labute approximate surface area is 246 Å². The van der Waals surface area contributed by atoms with Gasteiger partial charge in [0.25, 0.3) is 0 Å². The first-order valence-corrected chi connectivity index (χ1v) is 14.6. The lowest BCUT2D eigenvalue weighted by atomic mass is 9.81. The smallest absolute Gasteiger partial charge is 0.137 e. The van der Waals surface area contributed by atoms with E-state index in [2.05, 4.69) is 152 Å². The Balaban J connectivity index is 1.16. The topological polar surface area (TPSA) is 17.3 Å². The number of imidazole rings is 1. The zero-order valence-corrected chi connectivity index (χ0v) is 23.8. The molecule has 0 saturated carbocycles. The number of nitrogens with zero attached hydrogens (tertiary/aromatic N) is 2. The summed E-state index contributed by atoms with van der Waals surface area (Å²) in [7, 11) is 0. The minimum Gasteiger partial charge on any atom is -0.299 e. The Hall–Kier alpha value is -5.21. The summed E-state index contributed by atoms with van der Waals surface area (Å²) in [5.74, 6) is 0. The highest BCUT2D eigenvalue weighted by Crippen LogP contribution is 2.49. The van der Waals surface area contributed by atoms with E-state index in [4.69, 9.17) is 4.98 Å². The molecule has 0 bridgehead atoms. The van der Waals surface area contributed by atoms with E-state index in [9.17, 15) is 0 Å². The van der Waals surface area contributed by atoms with Crippen LogP contribution in [-0.4, -0.2) is 9.38 Å². The second-order valence-electron chi connectivity index (χ2n) is 11.7. The number of pyridine rings is 1. The molecule has 1 aliphatic carbocycles. The van der Waals surface area contributed by atoms with Crippen LogP contribution >= 0.6 is 0 Å². The van der Waals surface area contributed by atoms with Crippen molar-refractivity contribution in [3.05, 3.63) is 157 Å². The van der Waals surface area contributed by atoms with Gasteiger partial charge >= 0.3 is 0 Å². The summed E-state index contributed by atoms with van der Waals surface area (Å²) in [6.45, 7) is 4.68. The van der Waals surface area contributed by atoms with Gasteiger partial charge in [-0.1, -0.05) is 129 Å². The molecule has 1 aliphatic rings. The van der Waals surface area contributed by atoms with Crippen LogP contribution < -0.4 is 0 Å². The number of rotatable bonds is 4. The SMILES string of the molecule is CC1(C)c2ccccc2-c2ccc(-c3cccc(-c4ccc(-c5c(-c6ccccc6)nc6ccccn56)cc4)c3)cc21. The fourth-order valence-electron chi connectivity index (χ4n) is 6.65. The average Bonchev–Trinajstić information content (AvgIpc) is 3.55. The normalized spacial score (nSPS) is 13.2. The van der Waals surface area contributed by atoms with Crippen LogP contribution in [0.25, 0.3) is 61.5 Å². The van der Waals surface area contributed by atoms with Crippen LogP contribution in [0.1, 0.15) is 25.0 Å². The molecular formula is C40H30N2. The third-order valence-electron chi connectivity index (χ3n) is 8.85. The van der Waals surface area contributed by atoms with Crippen molar-refractivity contribution in [2.45, 2.75) is 19.3 Å². The van der Waals surface area contributed by atoms with Crippen LogP contribution in [0.15, 0.2) is 146 Å². The van der Waals surface area contributed by atoms with Crippen LogP contribution in [0.4, 0.5) is 0 Å². The Morgan fingerprint density at radius 1 is 0.476 bits per heavy atom. The maximum atomic E-state index is 5.00. The first-order valence-electron chi connectivity index (χ1n) is 14.6. The third kappa shape index (κ3) is 3.83. The quantitative estimate of drug-likeness (QED) is 0.218. The fourth-order valence-corrected chi connectivity index (χ4v) is 6.65. The highest BCUT2D eigenvalue weighted by atomic mass is 15.0. The zero-order chi connectivity index (χ0) is 28.3. The monoisotopic (exact) mass is 538 g/mol. The van der Waals surface area contributed by atoms with Crippen LogP contribution in [0.5, 0.6) is 0 Å². The van der Waals surface area contributed by atoms with E-state index in [-0.39, 0.29) is 5.41 Å². The highest BCUT2D eigenvalue weighted by Gasteiger charge is 2.35. The second-order valence-corrected chi connectivity index (χ2v) is 11.7. The lowest BCUT2D eigenvalue weighted by molar-refractivity contribution is 0.660. The molecule has 0 aliphatic heterocycles. The van der Waals surface area contributed by atoms with E-state index in [1.165, 1.54) is 44.5 Å². The summed E-state index contributed by atoms with van der Waals surface area (Å²) in [6.07, 6.45) is 2.10. The molecule has 0 N–H and O–H groups in total. The molecule has 0 fully saturated rings. The summed E-state index contributed by atoms with van der Waals surface area (Å²) >= 11 is 0. The van der Waals surface area contributed by atoms with Crippen molar-refractivity contribution in [2.24, 2.45) is 0 Å². The van der Waals surface area contributed by atoms with Crippen molar-refractivity contribution in [3.8, 4) is 55.9 Å². The van der Waals surface area contributed by atoms with E-state index in [0.29, 0.717) is 0 Å². The third-order valence-corrected chi connectivity index (χ3v) is 8.85. The molecule has 200 valence electrons. The summed E-state index contributed by atoms with van der Waals surface area (Å²) in [6, 6.07) is 50.2. The van der Waals surface area contributed by atoms with Gasteiger partial charge in [0.15, 0.2) is 0 Å². The van der Waals surface area contributed by atoms with Gasteiger partial charge in [-0.05, 0) is 68.8 Å². The van der Waals surface area contributed by atoms with Crippen LogP contribution in [0.3, 0.4) is 0 Å². The van der Waals surface area contributed by atoms with E-state index in [0.717, 1.165) is 28.2 Å². The minimum absolute atomic E-state index is 0.00811.